The smallest absolute Gasteiger partial charge is 0.249 e. The lowest BCUT2D eigenvalue weighted by atomic mass is 10.0. The Balaban J connectivity index is 0. The van der Waals surface area contributed by atoms with Gasteiger partial charge in [0, 0.05) is 5.56 Å². The third-order valence-corrected chi connectivity index (χ3v) is 5.57. The molecule has 6 heteroatoms. The SMILES string of the molecule is CC(=N)N.CCCCCCCCCCCCCCCC[N+](C)(C)Cc1ccccc1.O=C([O-])O. The maximum absolute atomic E-state index is 8.44. The Morgan fingerprint density at radius 2 is 1.18 bits per heavy atom. The molecule has 0 aromatic heterocycles. The molecule has 6 nitrogen and oxygen atoms in total. The molecule has 0 unspecified atom stereocenters. The van der Waals surface area contributed by atoms with Crippen molar-refractivity contribution in [3.63, 3.8) is 0 Å². The number of hydrogen-bond donors (Lipinski definition) is 3. The van der Waals surface area contributed by atoms with Crippen molar-refractivity contribution in [2.75, 3.05) is 20.6 Å². The first-order valence-corrected chi connectivity index (χ1v) is 13.2. The van der Waals surface area contributed by atoms with Crippen molar-refractivity contribution < 1.29 is 19.5 Å². The predicted molar refractivity (Wildman–Crippen MR) is 143 cm³/mol. The average molecular weight is 480 g/mol. The third-order valence-electron chi connectivity index (χ3n) is 5.57. The van der Waals surface area contributed by atoms with Gasteiger partial charge in [0.25, 0.3) is 0 Å². The minimum atomic E-state index is -2.08. The molecule has 0 atom stereocenters. The number of unbranched alkanes of at least 4 members (excludes halogenated alkanes) is 13. The Hall–Kier alpha value is -2.08. The number of carbonyl (C=O) groups is 1. The molecule has 0 aliphatic rings. The van der Waals surface area contributed by atoms with Crippen LogP contribution in [0.4, 0.5) is 4.79 Å². The van der Waals surface area contributed by atoms with Crippen LogP contribution in [-0.4, -0.2) is 42.2 Å². The van der Waals surface area contributed by atoms with E-state index in [1.54, 1.807) is 0 Å². The van der Waals surface area contributed by atoms with Crippen LogP contribution < -0.4 is 10.8 Å². The van der Waals surface area contributed by atoms with Crippen LogP contribution in [0.15, 0.2) is 30.3 Å². The van der Waals surface area contributed by atoms with Crippen molar-refractivity contribution in [1.29, 1.82) is 5.41 Å². The van der Waals surface area contributed by atoms with Gasteiger partial charge in [0.2, 0.25) is 6.16 Å². The first kappa shape index (κ1) is 34.1. The summed E-state index contributed by atoms with van der Waals surface area (Å²) in [4.78, 5) is 8.44. The Bertz CT molecular complexity index is 572. The number of carboxylic acid groups (broad SMARTS) is 2. The number of nitrogens with one attached hydrogen (secondary N) is 1. The highest BCUT2D eigenvalue weighted by atomic mass is 16.6. The first-order valence-electron chi connectivity index (χ1n) is 13.2. The fourth-order valence-corrected chi connectivity index (χ4v) is 3.89. The summed E-state index contributed by atoms with van der Waals surface area (Å²) >= 11 is 0. The average Bonchev–Trinajstić information content (AvgIpc) is 2.73. The van der Waals surface area contributed by atoms with Gasteiger partial charge >= 0.3 is 0 Å². The van der Waals surface area contributed by atoms with Gasteiger partial charge in [-0.3, -0.25) is 5.41 Å². The molecule has 0 saturated carbocycles. The fourth-order valence-electron chi connectivity index (χ4n) is 3.89. The van der Waals surface area contributed by atoms with Gasteiger partial charge in [0.1, 0.15) is 6.54 Å². The summed E-state index contributed by atoms with van der Waals surface area (Å²) in [5.74, 6) is 0.167. The van der Waals surface area contributed by atoms with E-state index in [2.05, 4.69) is 51.4 Å². The number of hydrogen-bond acceptors (Lipinski definition) is 3. The van der Waals surface area contributed by atoms with E-state index >= 15 is 0 Å². The molecule has 1 aromatic carbocycles. The number of amidine groups is 1. The molecule has 198 valence electrons. The van der Waals surface area contributed by atoms with E-state index < -0.39 is 6.16 Å². The molecule has 0 bridgehead atoms. The summed E-state index contributed by atoms with van der Waals surface area (Å²) in [7, 11) is 4.74. The van der Waals surface area contributed by atoms with Gasteiger partial charge < -0.3 is 25.2 Å². The molecule has 0 aliphatic carbocycles. The molecule has 0 fully saturated rings. The number of rotatable bonds is 17. The normalized spacial score (nSPS) is 10.5. The standard InChI is InChI=1S/C25H46N.C2H6N2.CH2O3/c1-4-5-6-7-8-9-10-11-12-13-14-15-16-20-23-26(2,3)24-25-21-18-17-19-22-25;1-2(3)4;2-1(3)4/h17-19,21-22H,4-16,20,23-24H2,1-3H3;1H3,(H3,3,4);(H2,2,3,4)/q+1;;/p-1. The fraction of sp³-hybridized carbons (Fsp3) is 0.714. The number of nitrogens with two attached hydrogens (primary N) is 1. The molecule has 1 rings (SSSR count). The maximum Gasteiger partial charge on any atom is 0.249 e. The lowest BCUT2D eigenvalue weighted by Gasteiger charge is -2.30. The summed E-state index contributed by atoms with van der Waals surface area (Å²) in [5.41, 5.74) is 6.16. The van der Waals surface area contributed by atoms with Gasteiger partial charge in [0.05, 0.1) is 26.5 Å². The van der Waals surface area contributed by atoms with Gasteiger partial charge in [0.15, 0.2) is 0 Å². The Labute approximate surface area is 209 Å². The second-order valence-electron chi connectivity index (χ2n) is 9.85. The summed E-state index contributed by atoms with van der Waals surface area (Å²) in [5, 5.41) is 21.6. The summed E-state index contributed by atoms with van der Waals surface area (Å²) < 4.78 is 1.11. The quantitative estimate of drug-likeness (QED) is 0.101. The van der Waals surface area contributed by atoms with Crippen LogP contribution in [0.25, 0.3) is 0 Å². The largest absolute Gasteiger partial charge is 0.565 e. The van der Waals surface area contributed by atoms with E-state index in [-0.39, 0.29) is 5.84 Å². The van der Waals surface area contributed by atoms with E-state index in [9.17, 15) is 0 Å². The number of benzene rings is 1. The Morgan fingerprint density at radius 3 is 1.53 bits per heavy atom. The predicted octanol–water partition coefficient (Wildman–Crippen LogP) is 6.57. The van der Waals surface area contributed by atoms with E-state index in [0.29, 0.717) is 0 Å². The van der Waals surface area contributed by atoms with E-state index in [4.69, 9.17) is 26.2 Å². The molecule has 1 aromatic rings. The van der Waals surface area contributed by atoms with Crippen molar-refractivity contribution in [2.45, 2.75) is 110 Å². The van der Waals surface area contributed by atoms with Gasteiger partial charge in [-0.05, 0) is 19.8 Å². The van der Waals surface area contributed by atoms with Crippen LogP contribution in [0.3, 0.4) is 0 Å². The summed E-state index contributed by atoms with van der Waals surface area (Å²) in [6.07, 6.45) is 18.1. The second-order valence-corrected chi connectivity index (χ2v) is 9.85. The molecule has 34 heavy (non-hydrogen) atoms. The highest BCUT2D eigenvalue weighted by Crippen LogP contribution is 2.15. The van der Waals surface area contributed by atoms with Crippen molar-refractivity contribution >= 4 is 12.0 Å². The summed E-state index contributed by atoms with van der Waals surface area (Å²) in [6, 6.07) is 10.9. The molecule has 4 N–H and O–H groups in total. The molecule has 0 spiro atoms. The molecule has 0 aliphatic heterocycles. The van der Waals surface area contributed by atoms with Gasteiger partial charge in [-0.15, -0.1) is 0 Å². The van der Waals surface area contributed by atoms with Crippen LogP contribution in [0, 0.1) is 5.41 Å². The van der Waals surface area contributed by atoms with Crippen LogP contribution in [0.5, 0.6) is 0 Å². The highest BCUT2D eigenvalue weighted by molar-refractivity contribution is 5.73. The van der Waals surface area contributed by atoms with Crippen LogP contribution >= 0.6 is 0 Å². The minimum absolute atomic E-state index is 0.167. The maximum atomic E-state index is 8.44. The van der Waals surface area contributed by atoms with Gasteiger partial charge in [-0.2, -0.15) is 0 Å². The highest BCUT2D eigenvalue weighted by Gasteiger charge is 2.14. The van der Waals surface area contributed by atoms with Crippen molar-refractivity contribution in [3.8, 4) is 0 Å². The zero-order valence-corrected chi connectivity index (χ0v) is 22.5. The molecular weight excluding hydrogens is 426 g/mol. The molecule has 0 saturated heterocycles. The summed E-state index contributed by atoms with van der Waals surface area (Å²) in [6.45, 7) is 6.27. The van der Waals surface area contributed by atoms with E-state index in [1.165, 1.54) is 109 Å². The van der Waals surface area contributed by atoms with Gasteiger partial charge in [-0.1, -0.05) is 114 Å². The molecule has 0 amide bonds. The van der Waals surface area contributed by atoms with Crippen LogP contribution in [0.2, 0.25) is 0 Å². The Kier molecular flexibility index (Phi) is 24.1. The zero-order chi connectivity index (χ0) is 26.1. The lowest BCUT2D eigenvalue weighted by molar-refractivity contribution is -0.903. The topological polar surface area (TPSA) is 110 Å². The monoisotopic (exact) mass is 479 g/mol. The minimum Gasteiger partial charge on any atom is -0.565 e. The van der Waals surface area contributed by atoms with Gasteiger partial charge in [-0.25, -0.2) is 0 Å². The van der Waals surface area contributed by atoms with Crippen molar-refractivity contribution in [3.05, 3.63) is 35.9 Å². The first-order chi connectivity index (χ1) is 16.1. The number of quaternary nitrogens is 1. The second kappa shape index (κ2) is 24.1. The lowest BCUT2D eigenvalue weighted by Crippen LogP contribution is -2.39. The van der Waals surface area contributed by atoms with Crippen molar-refractivity contribution in [2.24, 2.45) is 5.73 Å². The molecule has 0 heterocycles. The zero-order valence-electron chi connectivity index (χ0n) is 22.5. The van der Waals surface area contributed by atoms with E-state index in [0.717, 1.165) is 11.0 Å². The van der Waals surface area contributed by atoms with E-state index in [1.807, 2.05) is 0 Å². The third kappa shape index (κ3) is 32.1. The molecular formula is C28H53N3O3. The van der Waals surface area contributed by atoms with Crippen LogP contribution in [0.1, 0.15) is 109 Å². The van der Waals surface area contributed by atoms with Crippen molar-refractivity contribution in [1.82, 2.24) is 0 Å². The molecule has 0 radical (unpaired) electrons. The van der Waals surface area contributed by atoms with Crippen LogP contribution in [-0.2, 0) is 6.54 Å². The number of nitrogens with zero attached hydrogens (tertiary/aromatic N) is 1. The Morgan fingerprint density at radius 1 is 0.853 bits per heavy atom.